The second kappa shape index (κ2) is 14.8. The fourth-order valence-electron chi connectivity index (χ4n) is 2.35. The Morgan fingerprint density at radius 1 is 0.824 bits per heavy atom. The Kier molecular flexibility index (Phi) is 13.3. The van der Waals surface area contributed by atoms with E-state index in [1.165, 1.54) is 0 Å². The summed E-state index contributed by atoms with van der Waals surface area (Å²) in [5.41, 5.74) is 1.51. The highest BCUT2D eigenvalue weighted by Gasteiger charge is 2.16. The van der Waals surface area contributed by atoms with E-state index in [0.29, 0.717) is 5.75 Å². The molecule has 2 aromatic carbocycles. The lowest BCUT2D eigenvalue weighted by Gasteiger charge is -2.25. The molecule has 0 aliphatic heterocycles. The zero-order valence-corrected chi connectivity index (χ0v) is 21.6. The van der Waals surface area contributed by atoms with E-state index in [4.69, 9.17) is 19.3 Å². The molecule has 0 saturated carbocycles. The molecule has 1 N–H and O–H groups in total. The lowest BCUT2D eigenvalue weighted by atomic mass is 10.2. The monoisotopic (exact) mass is 468 g/mol. The summed E-state index contributed by atoms with van der Waals surface area (Å²) in [6, 6.07) is 14.6. The summed E-state index contributed by atoms with van der Waals surface area (Å²) in [4.78, 5) is 10.5. The summed E-state index contributed by atoms with van der Waals surface area (Å²) in [6.07, 6.45) is 4.44. The van der Waals surface area contributed by atoms with E-state index < -0.39 is 5.60 Å². The number of hydrogen-bond donors (Lipinski definition) is 1. The van der Waals surface area contributed by atoms with Gasteiger partial charge in [-0.3, -0.25) is 0 Å². The van der Waals surface area contributed by atoms with E-state index in [0.717, 1.165) is 23.0 Å². The van der Waals surface area contributed by atoms with Crippen LogP contribution in [0, 0.1) is 0 Å². The summed E-state index contributed by atoms with van der Waals surface area (Å²) in [7, 11) is 0. The Hall–Kier alpha value is -3.31. The van der Waals surface area contributed by atoms with Gasteiger partial charge >= 0.3 is 5.97 Å². The lowest BCUT2D eigenvalue weighted by Crippen LogP contribution is -2.29. The maximum absolute atomic E-state index is 10.5. The van der Waals surface area contributed by atoms with Crippen LogP contribution in [-0.4, -0.2) is 28.6 Å². The smallest absolute Gasteiger partial charge is 0.330 e. The van der Waals surface area contributed by atoms with Crippen molar-refractivity contribution in [1.82, 2.24) is 0 Å². The van der Waals surface area contributed by atoms with Gasteiger partial charge in [0, 0.05) is 6.08 Å². The van der Waals surface area contributed by atoms with E-state index in [-0.39, 0.29) is 17.9 Å². The van der Waals surface area contributed by atoms with Crippen LogP contribution in [0.25, 0.3) is 12.2 Å². The first-order valence-electron chi connectivity index (χ1n) is 11.0. The molecular formula is C29H40O5. The van der Waals surface area contributed by atoms with Gasteiger partial charge in [-0.2, -0.15) is 0 Å². The van der Waals surface area contributed by atoms with Crippen molar-refractivity contribution < 1.29 is 24.1 Å². The number of esters is 1. The predicted molar refractivity (Wildman–Crippen MR) is 142 cm³/mol. The van der Waals surface area contributed by atoms with E-state index in [1.54, 1.807) is 24.3 Å². The average molecular weight is 469 g/mol. The van der Waals surface area contributed by atoms with Gasteiger partial charge in [0.05, 0.1) is 5.60 Å². The summed E-state index contributed by atoms with van der Waals surface area (Å²) < 4.78 is 16.1. The number of phenolic OH excluding ortho intramolecular Hbond substituents is 1. The minimum atomic E-state index is -0.398. The van der Waals surface area contributed by atoms with Crippen molar-refractivity contribution in [3.05, 3.63) is 85.5 Å². The predicted octanol–water partition coefficient (Wildman–Crippen LogP) is 7.42. The van der Waals surface area contributed by atoms with Crippen LogP contribution in [0.1, 0.15) is 59.6 Å². The molecule has 5 nitrogen and oxygen atoms in total. The number of carbonyl (C=O) groups excluding carboxylic acids is 1. The number of rotatable bonds is 6. The van der Waals surface area contributed by atoms with Crippen LogP contribution in [0.5, 0.6) is 11.5 Å². The van der Waals surface area contributed by atoms with Crippen LogP contribution in [0.15, 0.2) is 74.3 Å². The van der Waals surface area contributed by atoms with Crippen molar-refractivity contribution in [2.24, 2.45) is 0 Å². The Labute approximate surface area is 205 Å². The quantitative estimate of drug-likeness (QED) is 0.271. The minimum Gasteiger partial charge on any atom is -0.508 e. The molecule has 0 amide bonds. The van der Waals surface area contributed by atoms with Gasteiger partial charge < -0.3 is 19.3 Å². The largest absolute Gasteiger partial charge is 0.508 e. The van der Waals surface area contributed by atoms with Gasteiger partial charge in [-0.25, -0.2) is 4.79 Å². The zero-order valence-electron chi connectivity index (χ0n) is 21.6. The van der Waals surface area contributed by atoms with Crippen LogP contribution < -0.4 is 4.74 Å². The van der Waals surface area contributed by atoms with E-state index in [1.807, 2.05) is 84.9 Å². The highest BCUT2D eigenvalue weighted by molar-refractivity contribution is 5.81. The Bertz CT molecular complexity index is 882. The van der Waals surface area contributed by atoms with Gasteiger partial charge in [0.2, 0.25) is 0 Å². The van der Waals surface area contributed by atoms with Gasteiger partial charge in [0.25, 0.3) is 0 Å². The third-order valence-electron chi connectivity index (χ3n) is 3.64. The van der Waals surface area contributed by atoms with Crippen LogP contribution >= 0.6 is 0 Å². The van der Waals surface area contributed by atoms with Gasteiger partial charge in [0.15, 0.2) is 6.29 Å². The number of benzene rings is 2. The first-order valence-corrected chi connectivity index (χ1v) is 11.0. The molecule has 0 aromatic heterocycles. The SMILES string of the molecule is C=CC(=O)OC(C)(C)C.C=Cc1ccc(O)cc1.C=Cc1ccc(OC(C)OC(C)(C)C)cc1. The van der Waals surface area contributed by atoms with Gasteiger partial charge in [-0.05, 0) is 83.9 Å². The third-order valence-corrected chi connectivity index (χ3v) is 3.64. The molecule has 0 heterocycles. The molecule has 0 fully saturated rings. The molecule has 2 aromatic rings. The van der Waals surface area contributed by atoms with Gasteiger partial charge in [-0.15, -0.1) is 0 Å². The number of hydrogen-bond acceptors (Lipinski definition) is 5. The molecule has 1 atom stereocenters. The minimum absolute atomic E-state index is 0.194. The van der Waals surface area contributed by atoms with Gasteiger partial charge in [-0.1, -0.05) is 56.2 Å². The van der Waals surface area contributed by atoms with Crippen molar-refractivity contribution >= 4 is 18.1 Å². The van der Waals surface area contributed by atoms with Crippen molar-refractivity contribution in [2.45, 2.75) is 66.0 Å². The van der Waals surface area contributed by atoms with Crippen LogP contribution in [0.3, 0.4) is 0 Å². The van der Waals surface area contributed by atoms with E-state index >= 15 is 0 Å². The molecule has 1 unspecified atom stereocenters. The fourth-order valence-corrected chi connectivity index (χ4v) is 2.35. The lowest BCUT2D eigenvalue weighted by molar-refractivity contribution is -0.148. The van der Waals surface area contributed by atoms with Crippen LogP contribution in [-0.2, 0) is 14.3 Å². The maximum atomic E-state index is 10.5. The molecule has 0 aliphatic carbocycles. The van der Waals surface area contributed by atoms with Crippen molar-refractivity contribution in [2.75, 3.05) is 0 Å². The highest BCUT2D eigenvalue weighted by Crippen LogP contribution is 2.17. The van der Waals surface area contributed by atoms with E-state index in [9.17, 15) is 4.79 Å². The van der Waals surface area contributed by atoms with Gasteiger partial charge in [0.1, 0.15) is 17.1 Å². The average Bonchev–Trinajstić information content (AvgIpc) is 2.73. The second-order valence-corrected chi connectivity index (χ2v) is 9.22. The molecular weight excluding hydrogens is 428 g/mol. The topological polar surface area (TPSA) is 65.0 Å². The standard InChI is InChI=1S/C14H20O2.C8H8O.C7H12O2/c1-6-12-7-9-13(10-8-12)15-11(2)16-14(3,4)5;1-2-7-3-5-8(9)6-4-7;1-5-6(8)9-7(2,3)4/h6-11H,1H2,2-5H3;2-6,9H,1H2;5H,1H2,2-4H3. The van der Waals surface area contributed by atoms with E-state index in [2.05, 4.69) is 19.7 Å². The fraction of sp³-hybridized carbons (Fsp3) is 0.345. The molecule has 5 heteroatoms. The molecule has 0 bridgehead atoms. The zero-order chi connectivity index (χ0) is 26.4. The Morgan fingerprint density at radius 2 is 1.26 bits per heavy atom. The first kappa shape index (κ1) is 30.7. The molecule has 0 saturated heterocycles. The van der Waals surface area contributed by atoms with Crippen molar-refractivity contribution in [3.8, 4) is 11.5 Å². The molecule has 0 aliphatic rings. The first-order chi connectivity index (χ1) is 15.7. The third kappa shape index (κ3) is 16.3. The number of phenols is 1. The number of ether oxygens (including phenoxy) is 3. The molecule has 0 spiro atoms. The Balaban J connectivity index is 0.000000518. The number of aromatic hydroxyl groups is 1. The summed E-state index contributed by atoms with van der Waals surface area (Å²) >= 11 is 0. The molecule has 2 rings (SSSR count). The number of carbonyl (C=O) groups is 1. The summed E-state index contributed by atoms with van der Waals surface area (Å²) in [6.45, 7) is 23.9. The van der Waals surface area contributed by atoms with Crippen LogP contribution in [0.4, 0.5) is 0 Å². The Morgan fingerprint density at radius 3 is 1.59 bits per heavy atom. The second-order valence-electron chi connectivity index (χ2n) is 9.22. The molecule has 34 heavy (non-hydrogen) atoms. The maximum Gasteiger partial charge on any atom is 0.330 e. The molecule has 0 radical (unpaired) electrons. The van der Waals surface area contributed by atoms with Crippen molar-refractivity contribution in [1.29, 1.82) is 0 Å². The summed E-state index contributed by atoms with van der Waals surface area (Å²) in [5, 5.41) is 8.82. The van der Waals surface area contributed by atoms with Crippen LogP contribution in [0.2, 0.25) is 0 Å². The summed E-state index contributed by atoms with van der Waals surface area (Å²) in [5.74, 6) is 0.727. The highest BCUT2D eigenvalue weighted by atomic mass is 16.7. The van der Waals surface area contributed by atoms with Crippen molar-refractivity contribution in [3.63, 3.8) is 0 Å². The molecule has 186 valence electrons. The normalized spacial score (nSPS) is 11.4.